The molecule has 0 aromatic carbocycles. The minimum atomic E-state index is -0.302. The van der Waals surface area contributed by atoms with Crippen LogP contribution in [0, 0.1) is 11.8 Å². The van der Waals surface area contributed by atoms with E-state index in [-0.39, 0.29) is 19.0 Å². The standard InChI is InChI=1S/C11H12O3S/c1-2-14-11(13)5-3-4-9-6-7-10(8-12)15-9/h6-7,12H,2,5,8H2,1H3. The second kappa shape index (κ2) is 6.23. The van der Waals surface area contributed by atoms with Crippen LogP contribution in [0.3, 0.4) is 0 Å². The van der Waals surface area contributed by atoms with E-state index in [2.05, 4.69) is 11.8 Å². The molecule has 0 saturated heterocycles. The SMILES string of the molecule is CCOC(=O)CC#Cc1ccc(CO)s1. The molecule has 1 aromatic heterocycles. The fraction of sp³-hybridized carbons (Fsp3) is 0.364. The topological polar surface area (TPSA) is 46.5 Å². The van der Waals surface area contributed by atoms with Crippen molar-refractivity contribution in [2.45, 2.75) is 20.0 Å². The summed E-state index contributed by atoms with van der Waals surface area (Å²) in [4.78, 5) is 12.7. The third-order valence-corrected chi connectivity index (χ3v) is 2.55. The number of hydrogen-bond acceptors (Lipinski definition) is 4. The number of carbonyl (C=O) groups excluding carboxylic acids is 1. The third-order valence-electron chi connectivity index (χ3n) is 1.57. The van der Waals surface area contributed by atoms with Gasteiger partial charge in [0.05, 0.1) is 18.1 Å². The van der Waals surface area contributed by atoms with Crippen molar-refractivity contribution in [1.82, 2.24) is 0 Å². The Kier molecular flexibility index (Phi) is 4.88. The number of aliphatic hydroxyl groups is 1. The first-order valence-corrected chi connectivity index (χ1v) is 5.42. The predicted molar refractivity (Wildman–Crippen MR) is 58.4 cm³/mol. The predicted octanol–water partition coefficient (Wildman–Crippen LogP) is 1.55. The Bertz CT molecular complexity index is 384. The van der Waals surface area contributed by atoms with Crippen molar-refractivity contribution in [3.8, 4) is 11.8 Å². The van der Waals surface area contributed by atoms with Gasteiger partial charge in [0.25, 0.3) is 0 Å². The molecule has 1 N–H and O–H groups in total. The summed E-state index contributed by atoms with van der Waals surface area (Å²) in [5.74, 6) is 5.27. The van der Waals surface area contributed by atoms with E-state index in [1.165, 1.54) is 11.3 Å². The Labute approximate surface area is 92.7 Å². The van der Waals surface area contributed by atoms with Crippen LogP contribution in [0.2, 0.25) is 0 Å². The van der Waals surface area contributed by atoms with Crippen LogP contribution in [0.15, 0.2) is 12.1 Å². The van der Waals surface area contributed by atoms with Gasteiger partial charge in [0.15, 0.2) is 0 Å². The van der Waals surface area contributed by atoms with Crippen molar-refractivity contribution in [2.75, 3.05) is 6.61 Å². The second-order valence-corrected chi connectivity index (χ2v) is 3.88. The van der Waals surface area contributed by atoms with Gasteiger partial charge in [-0.15, -0.1) is 11.3 Å². The van der Waals surface area contributed by atoms with Crippen LogP contribution < -0.4 is 0 Å². The van der Waals surface area contributed by atoms with Gasteiger partial charge >= 0.3 is 5.97 Å². The molecule has 0 unspecified atom stereocenters. The molecule has 1 rings (SSSR count). The van der Waals surface area contributed by atoms with E-state index < -0.39 is 0 Å². The van der Waals surface area contributed by atoms with E-state index in [1.54, 1.807) is 6.92 Å². The van der Waals surface area contributed by atoms with Crippen LogP contribution in [0.5, 0.6) is 0 Å². The van der Waals surface area contributed by atoms with Gasteiger partial charge in [0.1, 0.15) is 6.42 Å². The maximum Gasteiger partial charge on any atom is 0.317 e. The zero-order valence-electron chi connectivity index (χ0n) is 8.45. The van der Waals surface area contributed by atoms with Crippen molar-refractivity contribution in [3.05, 3.63) is 21.9 Å². The van der Waals surface area contributed by atoms with Gasteiger partial charge in [0, 0.05) is 4.88 Å². The van der Waals surface area contributed by atoms with E-state index in [4.69, 9.17) is 9.84 Å². The summed E-state index contributed by atoms with van der Waals surface area (Å²) in [5, 5.41) is 8.82. The molecule has 4 heteroatoms. The van der Waals surface area contributed by atoms with Crippen LogP contribution in [0.4, 0.5) is 0 Å². The lowest BCUT2D eigenvalue weighted by molar-refractivity contribution is -0.141. The smallest absolute Gasteiger partial charge is 0.317 e. The molecule has 1 aromatic rings. The monoisotopic (exact) mass is 224 g/mol. The first-order valence-electron chi connectivity index (χ1n) is 4.60. The number of esters is 1. The lowest BCUT2D eigenvalue weighted by atomic mass is 10.4. The van der Waals surface area contributed by atoms with E-state index in [1.807, 2.05) is 12.1 Å². The fourth-order valence-electron chi connectivity index (χ4n) is 0.946. The summed E-state index contributed by atoms with van der Waals surface area (Å²) < 4.78 is 4.73. The number of ether oxygens (including phenoxy) is 1. The summed E-state index contributed by atoms with van der Waals surface area (Å²) in [6.45, 7) is 2.18. The molecule has 0 atom stereocenters. The van der Waals surface area contributed by atoms with E-state index in [9.17, 15) is 4.79 Å². The lowest BCUT2D eigenvalue weighted by Crippen LogP contribution is -2.01. The summed E-state index contributed by atoms with van der Waals surface area (Å²) in [5.41, 5.74) is 0. The number of aliphatic hydroxyl groups excluding tert-OH is 1. The Balaban J connectivity index is 2.47. The third kappa shape index (κ3) is 4.15. The highest BCUT2D eigenvalue weighted by atomic mass is 32.1. The number of carbonyl (C=O) groups is 1. The van der Waals surface area contributed by atoms with E-state index >= 15 is 0 Å². The van der Waals surface area contributed by atoms with Gasteiger partial charge in [-0.05, 0) is 19.1 Å². The molecule has 80 valence electrons. The molecule has 0 amide bonds. The average Bonchev–Trinajstić information content (AvgIpc) is 2.66. The minimum Gasteiger partial charge on any atom is -0.465 e. The Morgan fingerprint density at radius 1 is 1.60 bits per heavy atom. The molecule has 1 heterocycles. The first kappa shape index (κ1) is 11.8. The van der Waals surface area contributed by atoms with Crippen LogP contribution >= 0.6 is 11.3 Å². The van der Waals surface area contributed by atoms with Gasteiger partial charge < -0.3 is 9.84 Å². The maximum absolute atomic E-state index is 10.9. The summed E-state index contributed by atoms with van der Waals surface area (Å²) >= 11 is 1.42. The van der Waals surface area contributed by atoms with Crippen LogP contribution in [0.25, 0.3) is 0 Å². The quantitative estimate of drug-likeness (QED) is 0.626. The van der Waals surface area contributed by atoms with Crippen LogP contribution in [-0.2, 0) is 16.1 Å². The Morgan fingerprint density at radius 2 is 2.40 bits per heavy atom. The molecular weight excluding hydrogens is 212 g/mol. The van der Waals surface area contributed by atoms with E-state index in [0.29, 0.717) is 6.61 Å². The fourth-order valence-corrected chi connectivity index (χ4v) is 1.69. The molecule has 0 aliphatic carbocycles. The Hall–Kier alpha value is -1.31. The number of thiophene rings is 1. The van der Waals surface area contributed by atoms with Gasteiger partial charge in [-0.1, -0.05) is 11.8 Å². The normalized spacial score (nSPS) is 9.20. The van der Waals surface area contributed by atoms with Gasteiger partial charge in [0.2, 0.25) is 0 Å². The highest BCUT2D eigenvalue weighted by molar-refractivity contribution is 7.12. The molecule has 0 spiro atoms. The molecule has 15 heavy (non-hydrogen) atoms. The van der Waals surface area contributed by atoms with Crippen molar-refractivity contribution >= 4 is 17.3 Å². The summed E-state index contributed by atoms with van der Waals surface area (Å²) in [6, 6.07) is 3.65. The molecule has 0 fully saturated rings. The zero-order valence-corrected chi connectivity index (χ0v) is 9.26. The lowest BCUT2D eigenvalue weighted by Gasteiger charge is -1.94. The van der Waals surface area contributed by atoms with Crippen LogP contribution in [0.1, 0.15) is 23.1 Å². The average molecular weight is 224 g/mol. The summed E-state index contributed by atoms with van der Waals surface area (Å²) in [6.07, 6.45) is 0.111. The highest BCUT2D eigenvalue weighted by Gasteiger charge is 1.97. The molecule has 0 radical (unpaired) electrons. The largest absolute Gasteiger partial charge is 0.465 e. The van der Waals surface area contributed by atoms with Gasteiger partial charge in [-0.3, -0.25) is 4.79 Å². The van der Waals surface area contributed by atoms with Gasteiger partial charge in [-0.25, -0.2) is 0 Å². The van der Waals surface area contributed by atoms with E-state index in [0.717, 1.165) is 9.75 Å². The molecule has 3 nitrogen and oxygen atoms in total. The second-order valence-electron chi connectivity index (χ2n) is 2.71. The van der Waals surface area contributed by atoms with Crippen molar-refractivity contribution in [1.29, 1.82) is 0 Å². The first-order chi connectivity index (χ1) is 7.26. The molecule has 0 saturated carbocycles. The molecule has 0 aliphatic rings. The Morgan fingerprint density at radius 3 is 3.00 bits per heavy atom. The molecule has 0 aliphatic heterocycles. The molecular formula is C11H12O3S. The van der Waals surface area contributed by atoms with Crippen LogP contribution in [-0.4, -0.2) is 17.7 Å². The minimum absolute atomic E-state index is 0.0320. The van der Waals surface area contributed by atoms with Crippen molar-refractivity contribution in [3.63, 3.8) is 0 Å². The zero-order chi connectivity index (χ0) is 11.1. The molecule has 0 bridgehead atoms. The summed E-state index contributed by atoms with van der Waals surface area (Å²) in [7, 11) is 0. The van der Waals surface area contributed by atoms with Crippen molar-refractivity contribution < 1.29 is 14.6 Å². The van der Waals surface area contributed by atoms with Crippen molar-refractivity contribution in [2.24, 2.45) is 0 Å². The van der Waals surface area contributed by atoms with Gasteiger partial charge in [-0.2, -0.15) is 0 Å². The highest BCUT2D eigenvalue weighted by Crippen LogP contribution is 2.14. The number of rotatable bonds is 3. The maximum atomic E-state index is 10.9. The number of hydrogen-bond donors (Lipinski definition) is 1.